The fraction of sp³-hybridized carbons (Fsp3) is 0.833. The first-order valence-corrected chi connectivity index (χ1v) is 6.09. The van der Waals surface area contributed by atoms with Crippen molar-refractivity contribution in [2.24, 2.45) is 5.41 Å². The van der Waals surface area contributed by atoms with E-state index >= 15 is 0 Å². The Morgan fingerprint density at radius 1 is 1.44 bits per heavy atom. The third kappa shape index (κ3) is 2.20. The lowest BCUT2D eigenvalue weighted by Crippen LogP contribution is -2.49. The molecule has 0 unspecified atom stereocenters. The summed E-state index contributed by atoms with van der Waals surface area (Å²) in [6, 6.07) is -0.0404. The Hall–Kier alpha value is -1.06. The molecule has 1 saturated carbocycles. The van der Waals surface area contributed by atoms with Gasteiger partial charge in [-0.15, -0.1) is 0 Å². The first-order chi connectivity index (χ1) is 7.49. The van der Waals surface area contributed by atoms with E-state index in [2.05, 4.69) is 24.5 Å². The minimum absolute atomic E-state index is 0.00849. The summed E-state index contributed by atoms with van der Waals surface area (Å²) in [5.41, 5.74) is 0.193. The van der Waals surface area contributed by atoms with E-state index in [1.807, 2.05) is 0 Å². The number of hydrogen-bond acceptors (Lipinski definition) is 2. The second-order valence-electron chi connectivity index (χ2n) is 5.60. The fourth-order valence-electron chi connectivity index (χ4n) is 2.68. The molecule has 2 amide bonds. The lowest BCUT2D eigenvalue weighted by molar-refractivity contribution is -0.126. The van der Waals surface area contributed by atoms with Gasteiger partial charge in [0.2, 0.25) is 11.8 Å². The molecule has 2 N–H and O–H groups in total. The number of hydrogen-bond donors (Lipinski definition) is 2. The predicted octanol–water partition coefficient (Wildman–Crippen LogP) is 0.960. The summed E-state index contributed by atoms with van der Waals surface area (Å²) in [7, 11) is 0. The Balaban J connectivity index is 1.90. The van der Waals surface area contributed by atoms with Crippen molar-refractivity contribution in [1.29, 1.82) is 0 Å². The summed E-state index contributed by atoms with van der Waals surface area (Å²) in [6.07, 6.45) is 4.51. The van der Waals surface area contributed by atoms with Gasteiger partial charge in [-0.2, -0.15) is 0 Å². The molecule has 0 bridgehead atoms. The average molecular weight is 224 g/mol. The van der Waals surface area contributed by atoms with Gasteiger partial charge in [-0.25, -0.2) is 0 Å². The van der Waals surface area contributed by atoms with Gasteiger partial charge < -0.3 is 10.6 Å². The summed E-state index contributed by atoms with van der Waals surface area (Å²) in [5, 5.41) is 5.78. The van der Waals surface area contributed by atoms with Crippen LogP contribution < -0.4 is 10.6 Å². The highest BCUT2D eigenvalue weighted by Gasteiger charge is 2.37. The van der Waals surface area contributed by atoms with Gasteiger partial charge in [-0.1, -0.05) is 20.3 Å². The average Bonchev–Trinajstić information content (AvgIpc) is 2.74. The third-order valence-electron chi connectivity index (χ3n) is 3.89. The quantitative estimate of drug-likeness (QED) is 0.734. The largest absolute Gasteiger partial charge is 0.351 e. The number of rotatable bonds is 2. The molecule has 16 heavy (non-hydrogen) atoms. The molecule has 1 saturated heterocycles. The molecule has 1 heterocycles. The van der Waals surface area contributed by atoms with Crippen LogP contribution in [0.15, 0.2) is 0 Å². The SMILES string of the molecule is CC1(C)CCC[C@H]1NC(=O)[C@H]1CCC(=O)N1. The zero-order valence-corrected chi connectivity index (χ0v) is 10.0. The Bertz CT molecular complexity index is 312. The summed E-state index contributed by atoms with van der Waals surface area (Å²) < 4.78 is 0. The summed E-state index contributed by atoms with van der Waals surface area (Å²) >= 11 is 0. The maximum absolute atomic E-state index is 11.9. The van der Waals surface area contributed by atoms with E-state index in [9.17, 15) is 9.59 Å². The number of nitrogens with one attached hydrogen (secondary N) is 2. The zero-order chi connectivity index (χ0) is 11.8. The van der Waals surface area contributed by atoms with Crippen LogP contribution >= 0.6 is 0 Å². The lowest BCUT2D eigenvalue weighted by Gasteiger charge is -2.28. The Morgan fingerprint density at radius 2 is 2.19 bits per heavy atom. The monoisotopic (exact) mass is 224 g/mol. The van der Waals surface area contributed by atoms with Gasteiger partial charge in [0, 0.05) is 12.5 Å². The van der Waals surface area contributed by atoms with Crippen molar-refractivity contribution < 1.29 is 9.59 Å². The van der Waals surface area contributed by atoms with Crippen molar-refractivity contribution in [3.63, 3.8) is 0 Å². The van der Waals surface area contributed by atoms with Crippen LogP contribution in [0.3, 0.4) is 0 Å². The van der Waals surface area contributed by atoms with E-state index in [-0.39, 0.29) is 29.3 Å². The number of carbonyl (C=O) groups is 2. The summed E-state index contributed by atoms with van der Waals surface area (Å²) in [4.78, 5) is 22.9. The van der Waals surface area contributed by atoms with Crippen LogP contribution in [-0.4, -0.2) is 23.9 Å². The topological polar surface area (TPSA) is 58.2 Å². The molecule has 1 aliphatic carbocycles. The highest BCUT2D eigenvalue weighted by atomic mass is 16.2. The van der Waals surface area contributed by atoms with Crippen molar-refractivity contribution in [3.05, 3.63) is 0 Å². The van der Waals surface area contributed by atoms with Crippen LogP contribution in [0.2, 0.25) is 0 Å². The van der Waals surface area contributed by atoms with Gasteiger partial charge in [-0.05, 0) is 24.7 Å². The van der Waals surface area contributed by atoms with Crippen molar-refractivity contribution in [2.75, 3.05) is 0 Å². The third-order valence-corrected chi connectivity index (χ3v) is 3.89. The second kappa shape index (κ2) is 4.07. The molecule has 2 atom stereocenters. The normalized spacial score (nSPS) is 32.5. The molecule has 90 valence electrons. The molecule has 0 aromatic rings. The lowest BCUT2D eigenvalue weighted by atomic mass is 9.87. The van der Waals surface area contributed by atoms with Crippen LogP contribution in [0.4, 0.5) is 0 Å². The number of carbonyl (C=O) groups excluding carboxylic acids is 2. The van der Waals surface area contributed by atoms with Crippen molar-refractivity contribution in [2.45, 2.75) is 58.0 Å². The van der Waals surface area contributed by atoms with Crippen LogP contribution in [0, 0.1) is 5.41 Å². The molecule has 0 radical (unpaired) electrons. The van der Waals surface area contributed by atoms with Crippen molar-refractivity contribution >= 4 is 11.8 Å². The van der Waals surface area contributed by atoms with Crippen LogP contribution in [-0.2, 0) is 9.59 Å². The molecule has 4 nitrogen and oxygen atoms in total. The smallest absolute Gasteiger partial charge is 0.242 e. The highest BCUT2D eigenvalue weighted by molar-refractivity contribution is 5.90. The molecular weight excluding hydrogens is 204 g/mol. The Labute approximate surface area is 96.2 Å². The van der Waals surface area contributed by atoms with E-state index in [0.29, 0.717) is 12.8 Å². The molecule has 2 aliphatic rings. The standard InChI is InChI=1S/C12H20N2O2/c1-12(2)7-3-4-9(12)14-11(16)8-5-6-10(15)13-8/h8-9H,3-7H2,1-2H3,(H,13,15)(H,14,16)/t8-,9-/m1/s1. The summed E-state index contributed by atoms with van der Waals surface area (Å²) in [6.45, 7) is 4.39. The maximum atomic E-state index is 11.9. The minimum Gasteiger partial charge on any atom is -0.351 e. The van der Waals surface area contributed by atoms with Crippen LogP contribution in [0.5, 0.6) is 0 Å². The zero-order valence-electron chi connectivity index (χ0n) is 10.0. The van der Waals surface area contributed by atoms with Gasteiger partial charge in [-0.3, -0.25) is 9.59 Å². The van der Waals surface area contributed by atoms with E-state index < -0.39 is 0 Å². The van der Waals surface area contributed by atoms with E-state index in [4.69, 9.17) is 0 Å². The molecule has 2 fully saturated rings. The molecule has 4 heteroatoms. The second-order valence-corrected chi connectivity index (χ2v) is 5.60. The molecule has 1 aliphatic heterocycles. The Morgan fingerprint density at radius 3 is 2.69 bits per heavy atom. The minimum atomic E-state index is -0.302. The molecule has 2 rings (SSSR count). The van der Waals surface area contributed by atoms with Gasteiger partial charge >= 0.3 is 0 Å². The number of amides is 2. The summed E-state index contributed by atoms with van der Waals surface area (Å²) in [5.74, 6) is -0.0170. The van der Waals surface area contributed by atoms with E-state index in [1.54, 1.807) is 0 Å². The first-order valence-electron chi connectivity index (χ1n) is 6.09. The predicted molar refractivity (Wildman–Crippen MR) is 60.7 cm³/mol. The Kier molecular flexibility index (Phi) is 2.91. The van der Waals surface area contributed by atoms with Gasteiger partial charge in [0.05, 0.1) is 0 Å². The molecular formula is C12H20N2O2. The van der Waals surface area contributed by atoms with E-state index in [0.717, 1.165) is 12.8 Å². The van der Waals surface area contributed by atoms with Crippen LogP contribution in [0.25, 0.3) is 0 Å². The fourth-order valence-corrected chi connectivity index (χ4v) is 2.68. The molecule has 0 aromatic carbocycles. The molecule has 0 aromatic heterocycles. The first kappa shape index (κ1) is 11.4. The van der Waals surface area contributed by atoms with Gasteiger partial charge in [0.15, 0.2) is 0 Å². The maximum Gasteiger partial charge on any atom is 0.242 e. The highest BCUT2D eigenvalue weighted by Crippen LogP contribution is 2.37. The van der Waals surface area contributed by atoms with Crippen LogP contribution in [0.1, 0.15) is 46.0 Å². The van der Waals surface area contributed by atoms with E-state index in [1.165, 1.54) is 6.42 Å². The van der Waals surface area contributed by atoms with Gasteiger partial charge in [0.25, 0.3) is 0 Å². The van der Waals surface area contributed by atoms with Gasteiger partial charge in [0.1, 0.15) is 6.04 Å². The molecule has 0 spiro atoms. The van der Waals surface area contributed by atoms with Crippen molar-refractivity contribution in [3.8, 4) is 0 Å². The van der Waals surface area contributed by atoms with Crippen molar-refractivity contribution in [1.82, 2.24) is 10.6 Å².